The molecule has 160 valence electrons. The van der Waals surface area contributed by atoms with E-state index in [9.17, 15) is 9.59 Å². The minimum Gasteiger partial charge on any atom is -0.478 e. The lowest BCUT2D eigenvalue weighted by molar-refractivity contribution is -0.134. The molecule has 8 heteroatoms. The van der Waals surface area contributed by atoms with Crippen LogP contribution in [0.5, 0.6) is 0 Å². The minimum atomic E-state index is -1.26. The van der Waals surface area contributed by atoms with Crippen LogP contribution in [-0.2, 0) is 22.4 Å². The van der Waals surface area contributed by atoms with Crippen molar-refractivity contribution in [2.75, 3.05) is 33.2 Å². The number of carboxylic acid groups (broad SMARTS) is 2. The van der Waals surface area contributed by atoms with Gasteiger partial charge in [-0.15, -0.1) is 0 Å². The van der Waals surface area contributed by atoms with Gasteiger partial charge in [0.05, 0.1) is 6.04 Å². The van der Waals surface area contributed by atoms with Crippen molar-refractivity contribution in [2.24, 2.45) is 0 Å². The molecule has 1 fully saturated rings. The van der Waals surface area contributed by atoms with Gasteiger partial charge in [0.2, 0.25) is 0 Å². The van der Waals surface area contributed by atoms with Gasteiger partial charge >= 0.3 is 11.9 Å². The predicted molar refractivity (Wildman–Crippen MR) is 110 cm³/mol. The maximum Gasteiger partial charge on any atom is 0.328 e. The molecule has 0 saturated carbocycles. The van der Waals surface area contributed by atoms with E-state index in [0.29, 0.717) is 12.2 Å². The number of oxazole rings is 1. The zero-order valence-electron chi connectivity index (χ0n) is 17.2. The molecule has 2 N–H and O–H groups in total. The van der Waals surface area contributed by atoms with Crippen LogP contribution in [0.15, 0.2) is 40.8 Å². The number of aliphatic carboxylic acids is 2. The van der Waals surface area contributed by atoms with Gasteiger partial charge in [0, 0.05) is 51.7 Å². The Morgan fingerprint density at radius 1 is 1.07 bits per heavy atom. The maximum absolute atomic E-state index is 9.55. The number of carboxylic acids is 2. The van der Waals surface area contributed by atoms with Gasteiger partial charge in [0.25, 0.3) is 0 Å². The normalized spacial score (nSPS) is 19.3. The summed E-state index contributed by atoms with van der Waals surface area (Å²) in [6, 6.07) is 9.08. The fourth-order valence-corrected chi connectivity index (χ4v) is 3.89. The van der Waals surface area contributed by atoms with Gasteiger partial charge in [-0.3, -0.25) is 4.90 Å². The third-order valence-corrected chi connectivity index (χ3v) is 5.34. The van der Waals surface area contributed by atoms with Crippen molar-refractivity contribution < 1.29 is 24.2 Å². The third-order valence-electron chi connectivity index (χ3n) is 5.34. The Balaban J connectivity index is 0.000000275. The van der Waals surface area contributed by atoms with E-state index < -0.39 is 11.9 Å². The van der Waals surface area contributed by atoms with Gasteiger partial charge in [-0.1, -0.05) is 24.3 Å². The SMILES string of the molecule is Cc1nc2c(o1)CCc1ccccc1C2N1CCN(C)CC1.O=C(O)/C=C/C(=O)O. The highest BCUT2D eigenvalue weighted by Gasteiger charge is 2.33. The molecule has 0 amide bonds. The monoisotopic (exact) mass is 413 g/mol. The van der Waals surface area contributed by atoms with E-state index in [1.807, 2.05) is 6.92 Å². The smallest absolute Gasteiger partial charge is 0.328 e. The number of aromatic nitrogens is 1. The van der Waals surface area contributed by atoms with Crippen LogP contribution in [0.2, 0.25) is 0 Å². The molecule has 4 rings (SSSR count). The van der Waals surface area contributed by atoms with Crippen molar-refractivity contribution in [3.63, 3.8) is 0 Å². The van der Waals surface area contributed by atoms with Gasteiger partial charge in [-0.25, -0.2) is 14.6 Å². The fraction of sp³-hybridized carbons (Fsp3) is 0.409. The Morgan fingerprint density at radius 3 is 2.33 bits per heavy atom. The first-order chi connectivity index (χ1) is 14.3. The number of piperazine rings is 1. The summed E-state index contributed by atoms with van der Waals surface area (Å²) in [4.78, 5) is 28.8. The van der Waals surface area contributed by atoms with Crippen LogP contribution in [0, 0.1) is 6.92 Å². The zero-order chi connectivity index (χ0) is 21.7. The minimum absolute atomic E-state index is 0.250. The first kappa shape index (κ1) is 21.7. The number of hydrogen-bond acceptors (Lipinski definition) is 6. The van der Waals surface area contributed by atoms with Crippen LogP contribution < -0.4 is 0 Å². The van der Waals surface area contributed by atoms with Crippen molar-refractivity contribution in [1.29, 1.82) is 0 Å². The Morgan fingerprint density at radius 2 is 1.70 bits per heavy atom. The summed E-state index contributed by atoms with van der Waals surface area (Å²) < 4.78 is 5.91. The number of rotatable bonds is 3. The molecule has 0 bridgehead atoms. The largest absolute Gasteiger partial charge is 0.478 e. The lowest BCUT2D eigenvalue weighted by Gasteiger charge is -2.37. The molecule has 2 aliphatic rings. The molecule has 8 nitrogen and oxygen atoms in total. The quantitative estimate of drug-likeness (QED) is 0.737. The number of hydrogen-bond donors (Lipinski definition) is 2. The summed E-state index contributed by atoms with van der Waals surface area (Å²) in [5.74, 6) is -0.638. The molecule has 1 aromatic heterocycles. The Kier molecular flexibility index (Phi) is 7.02. The van der Waals surface area contributed by atoms with Crippen LogP contribution in [0.25, 0.3) is 0 Å². The van der Waals surface area contributed by atoms with Gasteiger partial charge in [-0.05, 0) is 24.6 Å². The summed E-state index contributed by atoms with van der Waals surface area (Å²) in [5, 5.41) is 15.6. The summed E-state index contributed by atoms with van der Waals surface area (Å²) in [6.45, 7) is 6.36. The van der Waals surface area contributed by atoms with Crippen molar-refractivity contribution in [2.45, 2.75) is 25.8 Å². The first-order valence-corrected chi connectivity index (χ1v) is 9.95. The van der Waals surface area contributed by atoms with Crippen LogP contribution in [0.4, 0.5) is 0 Å². The van der Waals surface area contributed by atoms with E-state index >= 15 is 0 Å². The zero-order valence-corrected chi connectivity index (χ0v) is 17.2. The maximum atomic E-state index is 9.55. The third kappa shape index (κ3) is 5.34. The van der Waals surface area contributed by atoms with Crippen LogP contribution in [-0.4, -0.2) is 70.2 Å². The number of fused-ring (bicyclic) bond motifs is 2. The van der Waals surface area contributed by atoms with E-state index in [0.717, 1.165) is 56.4 Å². The molecule has 2 aromatic rings. The lowest BCUT2D eigenvalue weighted by atomic mass is 9.97. The van der Waals surface area contributed by atoms with E-state index in [1.165, 1.54) is 11.1 Å². The summed E-state index contributed by atoms with van der Waals surface area (Å²) in [7, 11) is 2.20. The molecule has 30 heavy (non-hydrogen) atoms. The van der Waals surface area contributed by atoms with Crippen LogP contribution in [0.1, 0.15) is 34.5 Å². The van der Waals surface area contributed by atoms with Crippen molar-refractivity contribution in [3.8, 4) is 0 Å². The number of aryl methyl sites for hydroxylation is 3. The molecule has 1 aliphatic heterocycles. The lowest BCUT2D eigenvalue weighted by Crippen LogP contribution is -2.46. The van der Waals surface area contributed by atoms with Crippen molar-refractivity contribution in [1.82, 2.24) is 14.8 Å². The first-order valence-electron chi connectivity index (χ1n) is 9.95. The van der Waals surface area contributed by atoms with Crippen LogP contribution in [0.3, 0.4) is 0 Å². The second kappa shape index (κ2) is 9.69. The fourth-order valence-electron chi connectivity index (χ4n) is 3.89. The van der Waals surface area contributed by atoms with E-state index in [4.69, 9.17) is 19.6 Å². The molecule has 1 atom stereocenters. The second-order valence-corrected chi connectivity index (χ2v) is 7.49. The second-order valence-electron chi connectivity index (χ2n) is 7.49. The van der Waals surface area contributed by atoms with Gasteiger partial charge in [0.15, 0.2) is 5.89 Å². The molecule has 1 aliphatic carbocycles. The van der Waals surface area contributed by atoms with Crippen molar-refractivity contribution in [3.05, 3.63) is 64.9 Å². The molecule has 1 saturated heterocycles. The van der Waals surface area contributed by atoms with Gasteiger partial charge in [0.1, 0.15) is 11.5 Å². The molecular formula is C22H27N3O5. The summed E-state index contributed by atoms with van der Waals surface area (Å²) >= 11 is 0. The highest BCUT2D eigenvalue weighted by atomic mass is 16.4. The average Bonchev–Trinajstić information content (AvgIpc) is 3.01. The molecule has 0 radical (unpaired) electrons. The molecule has 2 heterocycles. The van der Waals surface area contributed by atoms with Crippen molar-refractivity contribution >= 4 is 11.9 Å². The summed E-state index contributed by atoms with van der Waals surface area (Å²) in [6.07, 6.45) is 3.12. The molecular weight excluding hydrogens is 386 g/mol. The van der Waals surface area contributed by atoms with E-state index in [-0.39, 0.29) is 6.04 Å². The van der Waals surface area contributed by atoms with Crippen LogP contribution >= 0.6 is 0 Å². The predicted octanol–water partition coefficient (Wildman–Crippen LogP) is 2.13. The van der Waals surface area contributed by atoms with Gasteiger partial charge < -0.3 is 19.5 Å². The topological polar surface area (TPSA) is 107 Å². The number of benzene rings is 1. The highest BCUT2D eigenvalue weighted by Crippen LogP contribution is 2.36. The highest BCUT2D eigenvalue weighted by molar-refractivity contribution is 5.89. The Labute approximate surface area is 175 Å². The number of nitrogens with zero attached hydrogens (tertiary/aromatic N) is 3. The Bertz CT molecular complexity index is 913. The number of carbonyl (C=O) groups is 2. The van der Waals surface area contributed by atoms with E-state index in [2.05, 4.69) is 41.1 Å². The average molecular weight is 413 g/mol. The summed E-state index contributed by atoms with van der Waals surface area (Å²) in [5.41, 5.74) is 4.00. The molecule has 1 unspecified atom stereocenters. The Hall–Kier alpha value is -2.97. The standard InChI is InChI=1S/C18H23N3O.C4H4O4/c1-13-19-17-16(22-13)8-7-14-5-3-4-6-15(14)18(17)21-11-9-20(2)10-12-21;5-3(6)1-2-4(7)8/h3-6,18H,7-12H2,1-2H3;1-2H,(H,5,6)(H,7,8)/b;2-1+. The van der Waals surface area contributed by atoms with E-state index in [1.54, 1.807) is 0 Å². The number of likely N-dealkylation sites (N-methyl/N-ethyl adjacent to an activating group) is 1. The molecule has 0 spiro atoms. The molecule has 1 aromatic carbocycles. The van der Waals surface area contributed by atoms with Gasteiger partial charge in [-0.2, -0.15) is 0 Å².